The van der Waals surface area contributed by atoms with Crippen LogP contribution in [0.1, 0.15) is 27.7 Å². The van der Waals surface area contributed by atoms with E-state index in [1.165, 1.54) is 19.5 Å². The van der Waals surface area contributed by atoms with E-state index in [-0.39, 0.29) is 5.82 Å². The maximum absolute atomic E-state index is 12.4. The van der Waals surface area contributed by atoms with Gasteiger partial charge in [-0.15, -0.1) is 0 Å². The standard InChI is InChI=1S/C15H13N3O2/c1-10-4-5-13(20-2)11(8-10)12(9-16)14(19)15-17-6-3-7-18-15/h3-8,12H,1-2H3. The molecule has 5 heteroatoms. The predicted molar refractivity (Wildman–Crippen MR) is 72.4 cm³/mol. The van der Waals surface area contributed by atoms with Crippen LogP contribution < -0.4 is 4.74 Å². The number of nitrogens with zero attached hydrogens (tertiary/aromatic N) is 3. The number of Topliss-reactive ketones (excluding diaryl/α,β-unsaturated/α-hetero) is 1. The second-order valence-corrected chi connectivity index (χ2v) is 4.24. The lowest BCUT2D eigenvalue weighted by Gasteiger charge is -2.13. The molecule has 20 heavy (non-hydrogen) atoms. The number of aryl methyl sites for hydroxylation is 1. The number of hydrogen-bond donors (Lipinski definition) is 0. The Labute approximate surface area is 116 Å². The van der Waals surface area contributed by atoms with Gasteiger partial charge in [-0.3, -0.25) is 4.79 Å². The summed E-state index contributed by atoms with van der Waals surface area (Å²) in [6, 6.07) is 9.00. The van der Waals surface area contributed by atoms with Crippen molar-refractivity contribution < 1.29 is 9.53 Å². The first-order valence-electron chi connectivity index (χ1n) is 6.02. The fourth-order valence-electron chi connectivity index (χ4n) is 1.90. The summed E-state index contributed by atoms with van der Waals surface area (Å²) in [6.45, 7) is 1.89. The smallest absolute Gasteiger partial charge is 0.221 e. The predicted octanol–water partition coefficient (Wildman–Crippen LogP) is 2.28. The van der Waals surface area contributed by atoms with Gasteiger partial charge < -0.3 is 4.74 Å². The monoisotopic (exact) mass is 267 g/mol. The number of methoxy groups -OCH3 is 1. The average Bonchev–Trinajstić information content (AvgIpc) is 2.49. The Morgan fingerprint density at radius 2 is 2.05 bits per heavy atom. The molecule has 100 valence electrons. The van der Waals surface area contributed by atoms with Crippen molar-refractivity contribution >= 4 is 5.78 Å². The first kappa shape index (κ1) is 13.7. The van der Waals surface area contributed by atoms with E-state index < -0.39 is 11.7 Å². The second-order valence-electron chi connectivity index (χ2n) is 4.24. The van der Waals surface area contributed by atoms with Crippen LogP contribution in [-0.2, 0) is 0 Å². The lowest BCUT2D eigenvalue weighted by atomic mass is 9.93. The van der Waals surface area contributed by atoms with E-state index in [0.717, 1.165) is 5.56 Å². The molecule has 1 unspecified atom stereocenters. The van der Waals surface area contributed by atoms with Gasteiger partial charge in [0.25, 0.3) is 0 Å². The topological polar surface area (TPSA) is 75.9 Å². The van der Waals surface area contributed by atoms with Gasteiger partial charge in [0.2, 0.25) is 5.78 Å². The van der Waals surface area contributed by atoms with Gasteiger partial charge in [-0.2, -0.15) is 5.26 Å². The molecule has 2 aromatic rings. The van der Waals surface area contributed by atoms with Crippen LogP contribution in [0.15, 0.2) is 36.7 Å². The molecule has 0 amide bonds. The quantitative estimate of drug-likeness (QED) is 0.794. The Kier molecular flexibility index (Phi) is 4.06. The third-order valence-electron chi connectivity index (χ3n) is 2.87. The molecule has 1 heterocycles. The van der Waals surface area contributed by atoms with E-state index in [1.54, 1.807) is 18.2 Å². The van der Waals surface area contributed by atoms with Crippen molar-refractivity contribution in [1.29, 1.82) is 5.26 Å². The van der Waals surface area contributed by atoms with Crippen LogP contribution in [0, 0.1) is 18.3 Å². The lowest BCUT2D eigenvalue weighted by Crippen LogP contribution is -2.15. The summed E-state index contributed by atoms with van der Waals surface area (Å²) in [4.78, 5) is 20.1. The van der Waals surface area contributed by atoms with Crippen molar-refractivity contribution in [3.8, 4) is 11.8 Å². The van der Waals surface area contributed by atoms with E-state index in [9.17, 15) is 10.1 Å². The zero-order valence-electron chi connectivity index (χ0n) is 11.2. The number of aromatic nitrogens is 2. The first-order chi connectivity index (χ1) is 9.67. The highest BCUT2D eigenvalue weighted by atomic mass is 16.5. The van der Waals surface area contributed by atoms with Crippen molar-refractivity contribution in [3.63, 3.8) is 0 Å². The van der Waals surface area contributed by atoms with Crippen LogP contribution in [-0.4, -0.2) is 22.9 Å². The molecule has 5 nitrogen and oxygen atoms in total. The van der Waals surface area contributed by atoms with Crippen LogP contribution in [0.2, 0.25) is 0 Å². The Bertz CT molecular complexity index is 663. The van der Waals surface area contributed by atoms with Crippen LogP contribution >= 0.6 is 0 Å². The number of ether oxygens (including phenoxy) is 1. The lowest BCUT2D eigenvalue weighted by molar-refractivity contribution is 0.0967. The summed E-state index contributed by atoms with van der Waals surface area (Å²) >= 11 is 0. The van der Waals surface area contributed by atoms with Crippen LogP contribution in [0.4, 0.5) is 0 Å². The van der Waals surface area contributed by atoms with E-state index in [1.807, 2.05) is 19.1 Å². The molecule has 0 aliphatic heterocycles. The molecule has 0 fully saturated rings. The number of carbonyl (C=O) groups excluding carboxylic acids is 1. The molecule has 1 aromatic carbocycles. The van der Waals surface area contributed by atoms with Gasteiger partial charge in [-0.25, -0.2) is 9.97 Å². The largest absolute Gasteiger partial charge is 0.496 e. The molecule has 0 saturated carbocycles. The van der Waals surface area contributed by atoms with Gasteiger partial charge in [0.15, 0.2) is 5.82 Å². The Morgan fingerprint density at radius 3 is 2.65 bits per heavy atom. The minimum Gasteiger partial charge on any atom is -0.496 e. The number of benzene rings is 1. The molecule has 0 N–H and O–H groups in total. The Morgan fingerprint density at radius 1 is 1.35 bits per heavy atom. The van der Waals surface area contributed by atoms with Crippen molar-refractivity contribution in [2.75, 3.05) is 7.11 Å². The molecule has 0 aliphatic rings. The minimum atomic E-state index is -0.979. The molecular weight excluding hydrogens is 254 g/mol. The van der Waals surface area contributed by atoms with Gasteiger partial charge in [-0.05, 0) is 19.1 Å². The molecule has 0 radical (unpaired) electrons. The van der Waals surface area contributed by atoms with Gasteiger partial charge in [0.1, 0.15) is 11.7 Å². The van der Waals surface area contributed by atoms with Gasteiger partial charge >= 0.3 is 0 Å². The van der Waals surface area contributed by atoms with Crippen molar-refractivity contribution in [2.45, 2.75) is 12.8 Å². The zero-order valence-corrected chi connectivity index (χ0v) is 11.2. The number of carbonyl (C=O) groups is 1. The molecule has 0 spiro atoms. The highest BCUT2D eigenvalue weighted by Gasteiger charge is 2.26. The zero-order chi connectivity index (χ0) is 14.5. The van der Waals surface area contributed by atoms with Gasteiger partial charge in [0, 0.05) is 18.0 Å². The Hall–Kier alpha value is -2.74. The SMILES string of the molecule is COc1ccc(C)cc1C(C#N)C(=O)c1ncccn1. The second kappa shape index (κ2) is 5.93. The summed E-state index contributed by atoms with van der Waals surface area (Å²) in [5.41, 5.74) is 1.48. The number of ketones is 1. The molecular formula is C15H13N3O2. The highest BCUT2D eigenvalue weighted by molar-refractivity contribution is 6.00. The third-order valence-corrected chi connectivity index (χ3v) is 2.87. The van der Waals surface area contributed by atoms with Crippen LogP contribution in [0.3, 0.4) is 0 Å². The normalized spacial score (nSPS) is 11.4. The van der Waals surface area contributed by atoms with Gasteiger partial charge in [0.05, 0.1) is 13.2 Å². The minimum absolute atomic E-state index is 0.0302. The highest BCUT2D eigenvalue weighted by Crippen LogP contribution is 2.29. The number of hydrogen-bond acceptors (Lipinski definition) is 5. The molecule has 0 bridgehead atoms. The van der Waals surface area contributed by atoms with Crippen molar-refractivity contribution in [2.24, 2.45) is 0 Å². The molecule has 0 aliphatic carbocycles. The van der Waals surface area contributed by atoms with Crippen molar-refractivity contribution in [1.82, 2.24) is 9.97 Å². The fourth-order valence-corrected chi connectivity index (χ4v) is 1.90. The maximum atomic E-state index is 12.4. The fraction of sp³-hybridized carbons (Fsp3) is 0.200. The van der Waals surface area contributed by atoms with Crippen LogP contribution in [0.25, 0.3) is 0 Å². The molecule has 1 atom stereocenters. The van der Waals surface area contributed by atoms with Crippen LogP contribution in [0.5, 0.6) is 5.75 Å². The van der Waals surface area contributed by atoms with E-state index in [0.29, 0.717) is 11.3 Å². The summed E-state index contributed by atoms with van der Waals surface area (Å²) in [7, 11) is 1.51. The Balaban J connectivity index is 2.46. The van der Waals surface area contributed by atoms with E-state index in [4.69, 9.17) is 4.74 Å². The summed E-state index contributed by atoms with van der Waals surface area (Å²) in [5.74, 6) is -0.877. The summed E-state index contributed by atoms with van der Waals surface area (Å²) in [6.07, 6.45) is 2.95. The average molecular weight is 267 g/mol. The molecule has 1 aromatic heterocycles. The molecule has 2 rings (SSSR count). The van der Waals surface area contributed by atoms with Crippen molar-refractivity contribution in [3.05, 3.63) is 53.6 Å². The first-order valence-corrected chi connectivity index (χ1v) is 6.02. The summed E-state index contributed by atoms with van der Waals surface area (Å²) < 4.78 is 5.23. The number of rotatable bonds is 4. The third kappa shape index (κ3) is 2.64. The maximum Gasteiger partial charge on any atom is 0.221 e. The van der Waals surface area contributed by atoms with Gasteiger partial charge in [-0.1, -0.05) is 17.7 Å². The summed E-state index contributed by atoms with van der Waals surface area (Å²) in [5, 5.41) is 9.34. The van der Waals surface area contributed by atoms with E-state index in [2.05, 4.69) is 9.97 Å². The molecule has 0 saturated heterocycles. The van der Waals surface area contributed by atoms with E-state index >= 15 is 0 Å². The number of nitriles is 1.